The van der Waals surface area contributed by atoms with Gasteiger partial charge in [0.15, 0.2) is 0 Å². The first-order valence-electron chi connectivity index (χ1n) is 5.18. The standard InChI is InChI=1S/C11H25NO/c1-9(2)10(8-12)13-7-6-11(3,4)5/h9-10H,6-8,12H2,1-5H3. The fourth-order valence-corrected chi connectivity index (χ4v) is 1.05. The molecule has 0 aliphatic rings. The lowest BCUT2D eigenvalue weighted by Crippen LogP contribution is -2.30. The lowest BCUT2D eigenvalue weighted by molar-refractivity contribution is 0.0158. The smallest absolute Gasteiger partial charge is 0.0720 e. The molecule has 0 aliphatic heterocycles. The largest absolute Gasteiger partial charge is 0.377 e. The van der Waals surface area contributed by atoms with Crippen molar-refractivity contribution in [3.63, 3.8) is 0 Å². The molecule has 0 fully saturated rings. The Hall–Kier alpha value is -0.0800. The Morgan fingerprint density at radius 2 is 1.77 bits per heavy atom. The van der Waals surface area contributed by atoms with Gasteiger partial charge in [-0.3, -0.25) is 0 Å². The normalized spacial score (nSPS) is 15.0. The van der Waals surface area contributed by atoms with Crippen molar-refractivity contribution in [1.82, 2.24) is 0 Å². The van der Waals surface area contributed by atoms with Gasteiger partial charge in [-0.1, -0.05) is 34.6 Å². The maximum atomic E-state index is 5.70. The summed E-state index contributed by atoms with van der Waals surface area (Å²) in [6.45, 7) is 12.4. The van der Waals surface area contributed by atoms with Crippen molar-refractivity contribution in [1.29, 1.82) is 0 Å². The molecule has 80 valence electrons. The number of rotatable bonds is 5. The monoisotopic (exact) mass is 187 g/mol. The highest BCUT2D eigenvalue weighted by Crippen LogP contribution is 2.19. The molecule has 0 saturated heterocycles. The second-order valence-corrected chi connectivity index (χ2v) is 5.20. The molecule has 0 rings (SSSR count). The van der Waals surface area contributed by atoms with Crippen LogP contribution in [0, 0.1) is 11.3 Å². The molecular formula is C11H25NO. The maximum Gasteiger partial charge on any atom is 0.0720 e. The summed E-state index contributed by atoms with van der Waals surface area (Å²) in [5.74, 6) is 0.518. The predicted octanol–water partition coefficient (Wildman–Crippen LogP) is 2.42. The van der Waals surface area contributed by atoms with E-state index in [2.05, 4.69) is 34.6 Å². The van der Waals surface area contributed by atoms with E-state index in [0.717, 1.165) is 13.0 Å². The minimum Gasteiger partial charge on any atom is -0.377 e. The average Bonchev–Trinajstić information content (AvgIpc) is 1.95. The first-order chi connectivity index (χ1) is 5.87. The Bertz CT molecular complexity index is 127. The summed E-state index contributed by atoms with van der Waals surface area (Å²) in [4.78, 5) is 0. The number of hydrogen-bond donors (Lipinski definition) is 1. The lowest BCUT2D eigenvalue weighted by Gasteiger charge is -2.23. The van der Waals surface area contributed by atoms with Gasteiger partial charge in [-0.2, -0.15) is 0 Å². The molecule has 0 aromatic heterocycles. The van der Waals surface area contributed by atoms with E-state index < -0.39 is 0 Å². The van der Waals surface area contributed by atoms with Crippen molar-refractivity contribution in [2.24, 2.45) is 17.1 Å². The summed E-state index contributed by atoms with van der Waals surface area (Å²) in [5, 5.41) is 0. The summed E-state index contributed by atoms with van der Waals surface area (Å²) < 4.78 is 5.70. The van der Waals surface area contributed by atoms with Gasteiger partial charge in [0.1, 0.15) is 0 Å². The molecule has 13 heavy (non-hydrogen) atoms. The van der Waals surface area contributed by atoms with Crippen LogP contribution in [-0.4, -0.2) is 19.3 Å². The molecule has 0 heterocycles. The number of nitrogens with two attached hydrogens (primary N) is 1. The molecule has 2 N–H and O–H groups in total. The summed E-state index contributed by atoms with van der Waals surface area (Å²) in [5.41, 5.74) is 5.96. The van der Waals surface area contributed by atoms with Crippen molar-refractivity contribution < 1.29 is 4.74 Å². The zero-order valence-electron chi connectivity index (χ0n) is 9.76. The molecule has 0 aromatic carbocycles. The zero-order chi connectivity index (χ0) is 10.5. The van der Waals surface area contributed by atoms with Gasteiger partial charge in [0.05, 0.1) is 6.10 Å². The molecule has 0 saturated carbocycles. The molecule has 2 heteroatoms. The van der Waals surface area contributed by atoms with E-state index in [-0.39, 0.29) is 6.10 Å². The van der Waals surface area contributed by atoms with Crippen molar-refractivity contribution in [2.45, 2.75) is 47.1 Å². The molecule has 0 spiro atoms. The second kappa shape index (κ2) is 5.61. The minimum atomic E-state index is 0.224. The second-order valence-electron chi connectivity index (χ2n) is 5.20. The van der Waals surface area contributed by atoms with Gasteiger partial charge in [0, 0.05) is 13.2 Å². The van der Waals surface area contributed by atoms with Crippen molar-refractivity contribution >= 4 is 0 Å². The van der Waals surface area contributed by atoms with Crippen LogP contribution in [0.5, 0.6) is 0 Å². The van der Waals surface area contributed by atoms with Gasteiger partial charge < -0.3 is 10.5 Å². The highest BCUT2D eigenvalue weighted by Gasteiger charge is 2.14. The van der Waals surface area contributed by atoms with E-state index in [1.165, 1.54) is 0 Å². The van der Waals surface area contributed by atoms with E-state index in [1.807, 2.05) is 0 Å². The SMILES string of the molecule is CC(C)C(CN)OCCC(C)(C)C. The Morgan fingerprint density at radius 3 is 2.08 bits per heavy atom. The van der Waals surface area contributed by atoms with Gasteiger partial charge in [-0.15, -0.1) is 0 Å². The van der Waals surface area contributed by atoms with Crippen LogP contribution < -0.4 is 5.73 Å². The van der Waals surface area contributed by atoms with Crippen LogP contribution in [-0.2, 0) is 4.74 Å². The third-order valence-electron chi connectivity index (χ3n) is 2.16. The average molecular weight is 187 g/mol. The van der Waals surface area contributed by atoms with Crippen LogP contribution in [0.15, 0.2) is 0 Å². The Labute approximate surface area is 82.8 Å². The van der Waals surface area contributed by atoms with E-state index in [1.54, 1.807) is 0 Å². The van der Waals surface area contributed by atoms with E-state index in [9.17, 15) is 0 Å². The Balaban J connectivity index is 3.62. The van der Waals surface area contributed by atoms with Crippen molar-refractivity contribution in [3.8, 4) is 0 Å². The van der Waals surface area contributed by atoms with Crippen LogP contribution in [0.3, 0.4) is 0 Å². The summed E-state index contributed by atoms with van der Waals surface area (Å²) >= 11 is 0. The topological polar surface area (TPSA) is 35.2 Å². The molecule has 0 bridgehead atoms. The third-order valence-corrected chi connectivity index (χ3v) is 2.16. The molecular weight excluding hydrogens is 162 g/mol. The summed E-state index contributed by atoms with van der Waals surface area (Å²) in [7, 11) is 0. The molecule has 0 radical (unpaired) electrons. The summed E-state index contributed by atoms with van der Waals surface area (Å²) in [6, 6.07) is 0. The van der Waals surface area contributed by atoms with Gasteiger partial charge >= 0.3 is 0 Å². The number of ether oxygens (including phenoxy) is 1. The van der Waals surface area contributed by atoms with E-state index >= 15 is 0 Å². The van der Waals surface area contributed by atoms with Crippen LogP contribution in [0.2, 0.25) is 0 Å². The van der Waals surface area contributed by atoms with Gasteiger partial charge in [0.2, 0.25) is 0 Å². The van der Waals surface area contributed by atoms with Crippen molar-refractivity contribution in [2.75, 3.05) is 13.2 Å². The molecule has 1 atom stereocenters. The minimum absolute atomic E-state index is 0.224. The highest BCUT2D eigenvalue weighted by molar-refractivity contribution is 4.65. The van der Waals surface area contributed by atoms with Gasteiger partial charge in [0.25, 0.3) is 0 Å². The first-order valence-corrected chi connectivity index (χ1v) is 5.18. The molecule has 1 unspecified atom stereocenters. The fraction of sp³-hybridized carbons (Fsp3) is 1.00. The van der Waals surface area contributed by atoms with E-state index in [0.29, 0.717) is 17.9 Å². The predicted molar refractivity (Wildman–Crippen MR) is 57.7 cm³/mol. The van der Waals surface area contributed by atoms with Crippen LogP contribution in [0.25, 0.3) is 0 Å². The van der Waals surface area contributed by atoms with Crippen molar-refractivity contribution in [3.05, 3.63) is 0 Å². The molecule has 0 aliphatic carbocycles. The Kier molecular flexibility index (Phi) is 5.57. The fourth-order valence-electron chi connectivity index (χ4n) is 1.05. The third kappa shape index (κ3) is 7.03. The number of hydrogen-bond acceptors (Lipinski definition) is 2. The van der Waals surface area contributed by atoms with Crippen LogP contribution in [0.1, 0.15) is 41.0 Å². The molecule has 0 amide bonds. The van der Waals surface area contributed by atoms with Gasteiger partial charge in [-0.25, -0.2) is 0 Å². The molecule has 2 nitrogen and oxygen atoms in total. The Morgan fingerprint density at radius 1 is 1.23 bits per heavy atom. The highest BCUT2D eigenvalue weighted by atomic mass is 16.5. The van der Waals surface area contributed by atoms with Crippen LogP contribution in [0.4, 0.5) is 0 Å². The quantitative estimate of drug-likeness (QED) is 0.717. The van der Waals surface area contributed by atoms with Crippen LogP contribution >= 0.6 is 0 Å². The maximum absolute atomic E-state index is 5.70. The lowest BCUT2D eigenvalue weighted by atomic mass is 9.93. The first kappa shape index (κ1) is 12.9. The van der Waals surface area contributed by atoms with E-state index in [4.69, 9.17) is 10.5 Å². The van der Waals surface area contributed by atoms with Gasteiger partial charge in [-0.05, 0) is 17.8 Å². The zero-order valence-corrected chi connectivity index (χ0v) is 9.76. The molecule has 0 aromatic rings. The summed E-state index contributed by atoms with van der Waals surface area (Å²) in [6.07, 6.45) is 1.32.